The second-order valence-electron chi connectivity index (χ2n) is 7.30. The number of methoxy groups -OCH3 is 1. The molecular formula is C21H27N3O4S2. The van der Waals surface area contributed by atoms with E-state index < -0.39 is 10.0 Å². The zero-order chi connectivity index (χ0) is 21.7. The van der Waals surface area contributed by atoms with E-state index >= 15 is 0 Å². The van der Waals surface area contributed by atoms with Crippen LogP contribution in [0.2, 0.25) is 0 Å². The maximum Gasteiger partial charge on any atom is 0.258 e. The fraction of sp³-hybridized carbons (Fsp3) is 0.429. The fourth-order valence-corrected chi connectivity index (χ4v) is 5.67. The van der Waals surface area contributed by atoms with Crippen LogP contribution < -0.4 is 10.1 Å². The van der Waals surface area contributed by atoms with Crippen LogP contribution in [0.3, 0.4) is 0 Å². The first-order chi connectivity index (χ1) is 14.3. The van der Waals surface area contributed by atoms with Gasteiger partial charge in [-0.05, 0) is 43.2 Å². The molecule has 1 aliphatic heterocycles. The summed E-state index contributed by atoms with van der Waals surface area (Å²) in [5, 5.41) is 3.70. The van der Waals surface area contributed by atoms with Crippen LogP contribution in [0, 0.1) is 0 Å². The lowest BCUT2D eigenvalue weighted by Gasteiger charge is -2.26. The van der Waals surface area contributed by atoms with Crippen LogP contribution in [0.5, 0.6) is 5.75 Å². The van der Waals surface area contributed by atoms with Crippen LogP contribution in [0.25, 0.3) is 0 Å². The minimum absolute atomic E-state index is 0.142. The molecule has 7 nitrogen and oxygen atoms in total. The maximum absolute atomic E-state index is 13.0. The number of carbonyl (C=O) groups excluding carboxylic acids is 1. The number of ether oxygens (including phenoxy) is 1. The standard InChI is InChI=1S/C21H27N3O4S2/c1-15(2)29-21-17(8-7-11-22-21)20(25)23-18-14-16(9-10-19(18)28-3)30(26,27)24-12-5-4-6-13-24/h7-11,14-15H,4-6,12-13H2,1-3H3,(H,23,25). The summed E-state index contributed by atoms with van der Waals surface area (Å²) < 4.78 is 32.9. The van der Waals surface area contributed by atoms with Crippen molar-refractivity contribution in [1.29, 1.82) is 0 Å². The lowest BCUT2D eigenvalue weighted by molar-refractivity contribution is 0.102. The van der Waals surface area contributed by atoms with E-state index in [2.05, 4.69) is 10.3 Å². The number of aromatic nitrogens is 1. The number of thioether (sulfide) groups is 1. The molecular weight excluding hydrogens is 422 g/mol. The summed E-state index contributed by atoms with van der Waals surface area (Å²) in [4.78, 5) is 17.4. The van der Waals surface area contributed by atoms with E-state index in [-0.39, 0.29) is 16.1 Å². The van der Waals surface area contributed by atoms with Gasteiger partial charge in [-0.15, -0.1) is 11.8 Å². The molecule has 1 fully saturated rings. The van der Waals surface area contributed by atoms with Crippen LogP contribution in [-0.4, -0.2) is 49.1 Å². The minimum atomic E-state index is -3.62. The van der Waals surface area contributed by atoms with Gasteiger partial charge in [0, 0.05) is 24.5 Å². The van der Waals surface area contributed by atoms with Crippen molar-refractivity contribution >= 4 is 33.4 Å². The van der Waals surface area contributed by atoms with Crippen LogP contribution in [0.1, 0.15) is 43.5 Å². The van der Waals surface area contributed by atoms with E-state index in [1.807, 2.05) is 13.8 Å². The van der Waals surface area contributed by atoms with Gasteiger partial charge >= 0.3 is 0 Å². The zero-order valence-corrected chi connectivity index (χ0v) is 19.1. The van der Waals surface area contributed by atoms with Gasteiger partial charge in [-0.25, -0.2) is 13.4 Å². The highest BCUT2D eigenvalue weighted by Gasteiger charge is 2.27. The summed E-state index contributed by atoms with van der Waals surface area (Å²) in [6.07, 6.45) is 4.40. The predicted molar refractivity (Wildman–Crippen MR) is 119 cm³/mol. The van der Waals surface area contributed by atoms with Crippen LogP contribution in [-0.2, 0) is 10.0 Å². The molecule has 0 saturated carbocycles. The molecule has 2 heterocycles. The van der Waals surface area contributed by atoms with Gasteiger partial charge in [0.15, 0.2) is 0 Å². The average molecular weight is 450 g/mol. The molecule has 1 N–H and O–H groups in total. The normalized spacial score (nSPS) is 15.2. The molecule has 9 heteroatoms. The SMILES string of the molecule is COc1ccc(S(=O)(=O)N2CCCCC2)cc1NC(=O)c1cccnc1SC(C)C. The average Bonchev–Trinajstić information content (AvgIpc) is 2.74. The van der Waals surface area contributed by atoms with Crippen molar-refractivity contribution in [2.45, 2.75) is 48.3 Å². The number of hydrogen-bond donors (Lipinski definition) is 1. The topological polar surface area (TPSA) is 88.6 Å². The first-order valence-corrected chi connectivity index (χ1v) is 12.3. The molecule has 3 rings (SSSR count). The molecule has 0 radical (unpaired) electrons. The number of nitrogens with zero attached hydrogens (tertiary/aromatic N) is 2. The number of hydrogen-bond acceptors (Lipinski definition) is 6. The summed E-state index contributed by atoms with van der Waals surface area (Å²) >= 11 is 1.49. The summed E-state index contributed by atoms with van der Waals surface area (Å²) in [5.41, 5.74) is 0.743. The number of pyridine rings is 1. The second kappa shape index (κ2) is 9.80. The third-order valence-electron chi connectivity index (χ3n) is 4.74. The van der Waals surface area contributed by atoms with Gasteiger partial charge < -0.3 is 10.1 Å². The lowest BCUT2D eigenvalue weighted by atomic mass is 10.2. The third-order valence-corrected chi connectivity index (χ3v) is 7.65. The van der Waals surface area contributed by atoms with Gasteiger partial charge in [0.05, 0.1) is 23.3 Å². The molecule has 0 unspecified atom stereocenters. The highest BCUT2D eigenvalue weighted by Crippen LogP contribution is 2.31. The number of piperidine rings is 1. The highest BCUT2D eigenvalue weighted by atomic mass is 32.2. The summed E-state index contributed by atoms with van der Waals surface area (Å²) in [6.45, 7) is 5.08. The minimum Gasteiger partial charge on any atom is -0.495 e. The molecule has 2 aromatic rings. The van der Waals surface area contributed by atoms with Crippen molar-refractivity contribution in [2.24, 2.45) is 0 Å². The monoisotopic (exact) mass is 449 g/mol. The zero-order valence-electron chi connectivity index (χ0n) is 17.4. The Kier molecular flexibility index (Phi) is 7.38. The number of sulfonamides is 1. The van der Waals surface area contributed by atoms with E-state index in [9.17, 15) is 13.2 Å². The molecule has 1 saturated heterocycles. The number of carbonyl (C=O) groups is 1. The van der Waals surface area contributed by atoms with Crippen LogP contribution >= 0.6 is 11.8 Å². The van der Waals surface area contributed by atoms with Crippen molar-refractivity contribution in [2.75, 3.05) is 25.5 Å². The van der Waals surface area contributed by atoms with E-state index in [1.165, 1.54) is 35.3 Å². The van der Waals surface area contributed by atoms with Crippen molar-refractivity contribution in [1.82, 2.24) is 9.29 Å². The third kappa shape index (κ3) is 5.14. The molecule has 1 aromatic heterocycles. The Morgan fingerprint density at radius 3 is 2.60 bits per heavy atom. The first-order valence-electron chi connectivity index (χ1n) is 9.94. The summed E-state index contributed by atoms with van der Waals surface area (Å²) in [5.74, 6) is 0.0277. The van der Waals surface area contributed by atoms with Crippen molar-refractivity contribution < 1.29 is 17.9 Å². The summed E-state index contributed by atoms with van der Waals surface area (Å²) in [6, 6.07) is 7.95. The van der Waals surface area contributed by atoms with Crippen LogP contribution in [0.15, 0.2) is 46.5 Å². The van der Waals surface area contributed by atoms with E-state index in [0.29, 0.717) is 35.1 Å². The molecule has 1 aliphatic rings. The van der Waals surface area contributed by atoms with E-state index in [0.717, 1.165) is 19.3 Å². The van der Waals surface area contributed by atoms with Crippen molar-refractivity contribution in [3.63, 3.8) is 0 Å². The Morgan fingerprint density at radius 1 is 1.20 bits per heavy atom. The fourth-order valence-electron chi connectivity index (χ4n) is 3.27. The molecule has 0 aliphatic carbocycles. The van der Waals surface area contributed by atoms with Crippen molar-refractivity contribution in [3.05, 3.63) is 42.1 Å². The van der Waals surface area contributed by atoms with Gasteiger partial charge in [-0.3, -0.25) is 4.79 Å². The number of anilines is 1. The second-order valence-corrected chi connectivity index (χ2v) is 10.8. The molecule has 0 bridgehead atoms. The molecule has 162 valence electrons. The van der Waals surface area contributed by atoms with E-state index in [1.54, 1.807) is 24.4 Å². The molecule has 30 heavy (non-hydrogen) atoms. The molecule has 0 atom stereocenters. The predicted octanol–water partition coefficient (Wildman–Crippen LogP) is 4.02. The van der Waals surface area contributed by atoms with Gasteiger partial charge in [0.25, 0.3) is 5.91 Å². The van der Waals surface area contributed by atoms with Gasteiger partial charge in [-0.2, -0.15) is 4.31 Å². The Bertz CT molecular complexity index is 1000. The van der Waals surface area contributed by atoms with Crippen molar-refractivity contribution in [3.8, 4) is 5.75 Å². The van der Waals surface area contributed by atoms with Crippen LogP contribution in [0.4, 0.5) is 5.69 Å². The molecule has 1 aromatic carbocycles. The molecule has 0 spiro atoms. The lowest BCUT2D eigenvalue weighted by Crippen LogP contribution is -2.35. The number of nitrogens with one attached hydrogen (secondary N) is 1. The number of benzene rings is 1. The summed E-state index contributed by atoms with van der Waals surface area (Å²) in [7, 11) is -2.14. The highest BCUT2D eigenvalue weighted by molar-refractivity contribution is 7.99. The number of rotatable bonds is 7. The maximum atomic E-state index is 13.0. The largest absolute Gasteiger partial charge is 0.495 e. The quantitative estimate of drug-likeness (QED) is 0.643. The Morgan fingerprint density at radius 2 is 1.93 bits per heavy atom. The Labute approximate surface area is 182 Å². The van der Waals surface area contributed by atoms with Gasteiger partial charge in [0.2, 0.25) is 10.0 Å². The van der Waals surface area contributed by atoms with E-state index in [4.69, 9.17) is 4.74 Å². The smallest absolute Gasteiger partial charge is 0.258 e. The first kappa shape index (κ1) is 22.6. The molecule has 1 amide bonds. The Balaban J connectivity index is 1.91. The van der Waals surface area contributed by atoms with Gasteiger partial charge in [0.1, 0.15) is 10.8 Å². The Hall–Kier alpha value is -2.10. The number of amides is 1. The van der Waals surface area contributed by atoms with Gasteiger partial charge in [-0.1, -0.05) is 20.3 Å².